The van der Waals surface area contributed by atoms with Gasteiger partial charge >= 0.3 is 0 Å². The number of aryl methyl sites for hydroxylation is 1. The van der Waals surface area contributed by atoms with E-state index in [0.717, 1.165) is 26.8 Å². The quantitative estimate of drug-likeness (QED) is 0.753. The van der Waals surface area contributed by atoms with E-state index in [-0.39, 0.29) is 6.04 Å². The summed E-state index contributed by atoms with van der Waals surface area (Å²) >= 11 is 3.42. The zero-order valence-corrected chi connectivity index (χ0v) is 12.1. The maximum absolute atomic E-state index is 6.26. The number of benzene rings is 2. The molecule has 19 heavy (non-hydrogen) atoms. The first kappa shape index (κ1) is 12.5. The summed E-state index contributed by atoms with van der Waals surface area (Å²) in [5.74, 6) is 0.794. The van der Waals surface area contributed by atoms with E-state index in [1.54, 1.807) is 0 Å². The zero-order chi connectivity index (χ0) is 13.4. The van der Waals surface area contributed by atoms with Crippen molar-refractivity contribution in [3.63, 3.8) is 0 Å². The number of halogens is 1. The van der Waals surface area contributed by atoms with E-state index >= 15 is 0 Å². The second-order valence-electron chi connectivity index (χ2n) is 4.72. The van der Waals surface area contributed by atoms with Crippen LogP contribution in [0.1, 0.15) is 22.9 Å². The summed E-state index contributed by atoms with van der Waals surface area (Å²) in [5.41, 5.74) is 9.40. The van der Waals surface area contributed by atoms with Gasteiger partial charge in [-0.2, -0.15) is 0 Å². The Balaban J connectivity index is 2.01. The third-order valence-electron chi connectivity index (χ3n) is 3.23. The molecule has 1 heterocycles. The topological polar surface area (TPSA) is 39.2 Å². The smallest absolute Gasteiger partial charge is 0.134 e. The molecule has 0 amide bonds. The number of hydrogen-bond donors (Lipinski definition) is 1. The van der Waals surface area contributed by atoms with Gasteiger partial charge < -0.3 is 10.2 Å². The lowest BCUT2D eigenvalue weighted by atomic mass is 10.1. The standard InChI is InChI=1S/C16H14BrNO/c1-10-2-7-14-12(8-10)9-15(19-14)16(18)11-3-5-13(17)6-4-11/h2-9,16H,18H2,1H3. The van der Waals surface area contributed by atoms with Crippen LogP contribution in [-0.2, 0) is 0 Å². The van der Waals surface area contributed by atoms with Gasteiger partial charge in [-0.15, -0.1) is 0 Å². The molecule has 1 aromatic heterocycles. The molecule has 0 aliphatic carbocycles. The second kappa shape index (κ2) is 4.83. The summed E-state index contributed by atoms with van der Waals surface area (Å²) in [7, 11) is 0. The molecule has 0 aliphatic heterocycles. The summed E-state index contributed by atoms with van der Waals surface area (Å²) < 4.78 is 6.88. The molecule has 1 atom stereocenters. The van der Waals surface area contributed by atoms with Gasteiger partial charge in [0.2, 0.25) is 0 Å². The highest BCUT2D eigenvalue weighted by Crippen LogP contribution is 2.27. The zero-order valence-electron chi connectivity index (χ0n) is 10.6. The first-order valence-corrected chi connectivity index (χ1v) is 6.94. The molecule has 96 valence electrons. The molecule has 0 spiro atoms. The van der Waals surface area contributed by atoms with E-state index in [9.17, 15) is 0 Å². The monoisotopic (exact) mass is 315 g/mol. The second-order valence-corrected chi connectivity index (χ2v) is 5.63. The molecule has 3 aromatic rings. The molecule has 2 N–H and O–H groups in total. The molecule has 0 saturated heterocycles. The molecule has 1 unspecified atom stereocenters. The lowest BCUT2D eigenvalue weighted by Crippen LogP contribution is -2.10. The summed E-state index contributed by atoms with van der Waals surface area (Å²) in [4.78, 5) is 0. The van der Waals surface area contributed by atoms with Gasteiger partial charge in [-0.05, 0) is 42.8 Å². The van der Waals surface area contributed by atoms with Crippen molar-refractivity contribution < 1.29 is 4.42 Å². The van der Waals surface area contributed by atoms with Crippen molar-refractivity contribution in [3.8, 4) is 0 Å². The van der Waals surface area contributed by atoms with Crippen LogP contribution >= 0.6 is 15.9 Å². The number of hydrogen-bond acceptors (Lipinski definition) is 2. The molecule has 0 aliphatic rings. The third-order valence-corrected chi connectivity index (χ3v) is 3.76. The lowest BCUT2D eigenvalue weighted by Gasteiger charge is -2.08. The number of rotatable bonds is 2. The van der Waals surface area contributed by atoms with Crippen molar-refractivity contribution in [2.45, 2.75) is 13.0 Å². The molecule has 3 rings (SSSR count). The van der Waals surface area contributed by atoms with Gasteiger partial charge in [0.25, 0.3) is 0 Å². The normalized spacial score (nSPS) is 12.8. The maximum atomic E-state index is 6.26. The number of nitrogens with two attached hydrogens (primary N) is 1. The van der Waals surface area contributed by atoms with E-state index in [2.05, 4.69) is 28.9 Å². The SMILES string of the molecule is Cc1ccc2oc(C(N)c3ccc(Br)cc3)cc2c1. The Labute approximate surface area is 120 Å². The molecule has 0 radical (unpaired) electrons. The van der Waals surface area contributed by atoms with Crippen LogP contribution < -0.4 is 5.73 Å². The summed E-state index contributed by atoms with van der Waals surface area (Å²) in [6.45, 7) is 2.07. The van der Waals surface area contributed by atoms with Crippen molar-refractivity contribution in [2.24, 2.45) is 5.73 Å². The van der Waals surface area contributed by atoms with Crippen LogP contribution in [0.4, 0.5) is 0 Å². The van der Waals surface area contributed by atoms with Crippen molar-refractivity contribution in [1.29, 1.82) is 0 Å². The van der Waals surface area contributed by atoms with Crippen LogP contribution in [0.2, 0.25) is 0 Å². The Morgan fingerprint density at radius 2 is 1.79 bits per heavy atom. The minimum absolute atomic E-state index is 0.235. The van der Waals surface area contributed by atoms with Crippen molar-refractivity contribution in [1.82, 2.24) is 0 Å². The van der Waals surface area contributed by atoms with Crippen LogP contribution in [0.3, 0.4) is 0 Å². The van der Waals surface area contributed by atoms with Gasteiger partial charge in [0.1, 0.15) is 11.3 Å². The fourth-order valence-corrected chi connectivity index (χ4v) is 2.44. The predicted molar refractivity (Wildman–Crippen MR) is 81.1 cm³/mol. The highest BCUT2D eigenvalue weighted by molar-refractivity contribution is 9.10. The van der Waals surface area contributed by atoms with Gasteiger partial charge in [0, 0.05) is 9.86 Å². The Kier molecular flexibility index (Phi) is 3.17. The summed E-state index contributed by atoms with van der Waals surface area (Å²) in [6.07, 6.45) is 0. The Morgan fingerprint density at radius 1 is 1.05 bits per heavy atom. The number of furan rings is 1. The number of fused-ring (bicyclic) bond motifs is 1. The van der Waals surface area contributed by atoms with Gasteiger partial charge in [-0.3, -0.25) is 0 Å². The molecular formula is C16H14BrNO. The molecule has 2 nitrogen and oxygen atoms in total. The van der Waals surface area contributed by atoms with E-state index in [1.807, 2.05) is 42.5 Å². The Hall–Kier alpha value is -1.58. The Morgan fingerprint density at radius 3 is 2.53 bits per heavy atom. The fourth-order valence-electron chi connectivity index (χ4n) is 2.17. The van der Waals surface area contributed by atoms with Gasteiger partial charge in [0.15, 0.2) is 0 Å². The van der Waals surface area contributed by atoms with Gasteiger partial charge in [0.05, 0.1) is 6.04 Å². The van der Waals surface area contributed by atoms with E-state index in [1.165, 1.54) is 5.56 Å². The van der Waals surface area contributed by atoms with Crippen molar-refractivity contribution in [3.05, 3.63) is 69.9 Å². The first-order chi connectivity index (χ1) is 9.13. The minimum atomic E-state index is -0.235. The van der Waals surface area contributed by atoms with Crippen LogP contribution in [0.25, 0.3) is 11.0 Å². The van der Waals surface area contributed by atoms with Crippen LogP contribution in [0, 0.1) is 6.92 Å². The summed E-state index contributed by atoms with van der Waals surface area (Å²) in [6, 6.07) is 15.9. The summed E-state index contributed by atoms with van der Waals surface area (Å²) in [5, 5.41) is 1.10. The lowest BCUT2D eigenvalue weighted by molar-refractivity contribution is 0.525. The van der Waals surface area contributed by atoms with Crippen LogP contribution in [0.5, 0.6) is 0 Å². The van der Waals surface area contributed by atoms with Gasteiger partial charge in [-0.25, -0.2) is 0 Å². The van der Waals surface area contributed by atoms with E-state index in [0.29, 0.717) is 0 Å². The highest BCUT2D eigenvalue weighted by atomic mass is 79.9. The van der Waals surface area contributed by atoms with Crippen molar-refractivity contribution in [2.75, 3.05) is 0 Å². The highest BCUT2D eigenvalue weighted by Gasteiger charge is 2.14. The van der Waals surface area contributed by atoms with Crippen LogP contribution in [0.15, 0.2) is 57.4 Å². The Bertz CT molecular complexity index is 715. The van der Waals surface area contributed by atoms with Crippen molar-refractivity contribution >= 4 is 26.9 Å². The third kappa shape index (κ3) is 2.44. The largest absolute Gasteiger partial charge is 0.459 e. The minimum Gasteiger partial charge on any atom is -0.459 e. The molecule has 0 fully saturated rings. The molecular weight excluding hydrogens is 302 g/mol. The molecule has 0 bridgehead atoms. The molecule has 3 heteroatoms. The van der Waals surface area contributed by atoms with Crippen LogP contribution in [-0.4, -0.2) is 0 Å². The first-order valence-electron chi connectivity index (χ1n) is 6.14. The maximum Gasteiger partial charge on any atom is 0.134 e. The van der Waals surface area contributed by atoms with Gasteiger partial charge in [-0.1, -0.05) is 39.7 Å². The van der Waals surface area contributed by atoms with E-state index in [4.69, 9.17) is 10.2 Å². The predicted octanol–water partition coefficient (Wildman–Crippen LogP) is 4.55. The average molecular weight is 316 g/mol. The molecule has 2 aromatic carbocycles. The molecule has 0 saturated carbocycles. The van der Waals surface area contributed by atoms with E-state index < -0.39 is 0 Å². The fraction of sp³-hybridized carbons (Fsp3) is 0.125. The average Bonchev–Trinajstić information content (AvgIpc) is 2.81.